The number of aliphatic carboxylic acids is 1. The molecule has 0 aromatic heterocycles. The van der Waals surface area contributed by atoms with Crippen LogP contribution in [0.5, 0.6) is 11.5 Å². The average molecular weight is 514 g/mol. The minimum absolute atomic E-state index is 0.0974. The molecular formula is C25H27N3O7S. The van der Waals surface area contributed by atoms with E-state index in [1.807, 2.05) is 6.26 Å². The number of rotatable bonds is 8. The van der Waals surface area contributed by atoms with E-state index in [2.05, 4.69) is 10.6 Å². The summed E-state index contributed by atoms with van der Waals surface area (Å²) in [6, 6.07) is 10.0. The summed E-state index contributed by atoms with van der Waals surface area (Å²) in [6.07, 6.45) is 1.93. The van der Waals surface area contributed by atoms with Crippen LogP contribution in [-0.2, 0) is 19.2 Å². The Kier molecular flexibility index (Phi) is 6.96. The molecule has 11 heteroatoms. The molecule has 0 saturated carbocycles. The number of carbonyl (C=O) groups excluding carboxylic acids is 3. The van der Waals surface area contributed by atoms with Crippen LogP contribution in [0.25, 0.3) is 0 Å². The lowest BCUT2D eigenvalue weighted by Crippen LogP contribution is -2.56. The summed E-state index contributed by atoms with van der Waals surface area (Å²) in [4.78, 5) is 52.6. The molecule has 4 atom stereocenters. The third-order valence-corrected chi connectivity index (χ3v) is 7.38. The number of imide groups is 1. The summed E-state index contributed by atoms with van der Waals surface area (Å²) >= 11 is 1.43. The highest BCUT2D eigenvalue weighted by atomic mass is 32.2. The highest BCUT2D eigenvalue weighted by Crippen LogP contribution is 2.53. The van der Waals surface area contributed by atoms with Crippen molar-refractivity contribution < 1.29 is 34.1 Å². The van der Waals surface area contributed by atoms with Gasteiger partial charge in [0.25, 0.3) is 0 Å². The van der Waals surface area contributed by atoms with Gasteiger partial charge < -0.3 is 20.3 Å². The summed E-state index contributed by atoms with van der Waals surface area (Å²) in [5.41, 5.74) is -0.677. The van der Waals surface area contributed by atoms with Gasteiger partial charge in [-0.05, 0) is 48.8 Å². The molecular weight excluding hydrogens is 486 g/mol. The number of methoxy groups -OCH3 is 1. The van der Waals surface area contributed by atoms with E-state index in [0.29, 0.717) is 11.4 Å². The highest BCUT2D eigenvalue weighted by Gasteiger charge is 2.68. The van der Waals surface area contributed by atoms with Gasteiger partial charge in [-0.25, -0.2) is 4.90 Å². The van der Waals surface area contributed by atoms with Crippen LogP contribution >= 0.6 is 11.8 Å². The van der Waals surface area contributed by atoms with Gasteiger partial charge in [-0.3, -0.25) is 24.5 Å². The number of thioether (sulfide) groups is 1. The molecule has 2 fully saturated rings. The van der Waals surface area contributed by atoms with Crippen molar-refractivity contribution in [1.29, 1.82) is 0 Å². The molecule has 3 amide bonds. The smallest absolute Gasteiger partial charge is 0.324 e. The van der Waals surface area contributed by atoms with Crippen molar-refractivity contribution >= 4 is 46.8 Å². The van der Waals surface area contributed by atoms with Crippen LogP contribution in [-0.4, -0.2) is 58.6 Å². The molecule has 0 aliphatic carbocycles. The lowest BCUT2D eigenvalue weighted by atomic mass is 9.78. The predicted octanol–water partition coefficient (Wildman–Crippen LogP) is 2.39. The number of aromatic hydroxyl groups is 1. The van der Waals surface area contributed by atoms with Crippen molar-refractivity contribution in [2.45, 2.75) is 24.9 Å². The normalized spacial score (nSPS) is 25.1. The number of carboxylic acid groups (broad SMARTS) is 1. The zero-order chi connectivity index (χ0) is 26.2. The van der Waals surface area contributed by atoms with Gasteiger partial charge in [-0.1, -0.05) is 12.1 Å². The number of hydrogen-bond donors (Lipinski definition) is 4. The van der Waals surface area contributed by atoms with Gasteiger partial charge in [0.2, 0.25) is 17.7 Å². The standard InChI is InChI=1S/C25H27N3O7S/c1-13(29)26-14-7-9-15(10-8-14)28-22(31)18-19(23(28)32)25(24(33)34,11-12-36-3)27-20(18)16-5-4-6-17(35-2)21(16)30/h4-10,18-20,27,30H,11-12H2,1-3H3,(H,26,29)(H,33,34)/t18-,19+,20+,25-/m1/s1. The predicted molar refractivity (Wildman–Crippen MR) is 134 cm³/mol. The molecule has 0 radical (unpaired) electrons. The Morgan fingerprint density at radius 3 is 2.44 bits per heavy atom. The molecule has 2 aromatic rings. The lowest BCUT2D eigenvalue weighted by Gasteiger charge is -2.31. The van der Waals surface area contributed by atoms with Gasteiger partial charge in [0, 0.05) is 24.2 Å². The van der Waals surface area contributed by atoms with Gasteiger partial charge in [-0.2, -0.15) is 11.8 Å². The molecule has 2 aliphatic rings. The molecule has 0 unspecified atom stereocenters. The number of nitrogens with one attached hydrogen (secondary N) is 2. The largest absolute Gasteiger partial charge is 0.504 e. The second-order valence-corrected chi connectivity index (χ2v) is 9.77. The van der Waals surface area contributed by atoms with Gasteiger partial charge >= 0.3 is 5.97 Å². The fourth-order valence-electron chi connectivity index (χ4n) is 5.17. The number of anilines is 2. The van der Waals surface area contributed by atoms with Crippen LogP contribution in [0.3, 0.4) is 0 Å². The van der Waals surface area contributed by atoms with E-state index in [1.165, 1.54) is 37.9 Å². The van der Waals surface area contributed by atoms with E-state index >= 15 is 0 Å². The van der Waals surface area contributed by atoms with Crippen molar-refractivity contribution in [3.63, 3.8) is 0 Å². The van der Waals surface area contributed by atoms with Gasteiger partial charge in [-0.15, -0.1) is 0 Å². The zero-order valence-corrected chi connectivity index (χ0v) is 20.8. The molecule has 0 spiro atoms. The van der Waals surface area contributed by atoms with Crippen LogP contribution in [0.4, 0.5) is 11.4 Å². The van der Waals surface area contributed by atoms with Crippen molar-refractivity contribution in [2.75, 3.05) is 29.3 Å². The number of ether oxygens (including phenoxy) is 1. The fraction of sp³-hybridized carbons (Fsp3) is 0.360. The third kappa shape index (κ3) is 4.07. The number of hydrogen-bond acceptors (Lipinski definition) is 8. The first-order valence-corrected chi connectivity index (χ1v) is 12.7. The topological polar surface area (TPSA) is 145 Å². The van der Waals surface area contributed by atoms with Crippen LogP contribution in [0.1, 0.15) is 24.9 Å². The van der Waals surface area contributed by atoms with E-state index in [1.54, 1.807) is 30.3 Å². The van der Waals surface area contributed by atoms with E-state index in [4.69, 9.17) is 4.74 Å². The number of amides is 3. The van der Waals surface area contributed by atoms with Crippen LogP contribution < -0.4 is 20.3 Å². The monoisotopic (exact) mass is 513 g/mol. The molecule has 2 aliphatic heterocycles. The van der Waals surface area contributed by atoms with E-state index < -0.39 is 41.2 Å². The fourth-order valence-corrected chi connectivity index (χ4v) is 5.70. The Bertz CT molecular complexity index is 1220. The van der Waals surface area contributed by atoms with E-state index in [0.717, 1.165) is 4.90 Å². The maximum atomic E-state index is 13.8. The van der Waals surface area contributed by atoms with Crippen LogP contribution in [0.15, 0.2) is 42.5 Å². The highest BCUT2D eigenvalue weighted by molar-refractivity contribution is 7.98. The summed E-state index contributed by atoms with van der Waals surface area (Å²) in [5.74, 6) is -4.57. The first kappa shape index (κ1) is 25.5. The quantitative estimate of drug-likeness (QED) is 0.391. The van der Waals surface area contributed by atoms with Crippen molar-refractivity contribution in [2.24, 2.45) is 11.8 Å². The Morgan fingerprint density at radius 1 is 1.17 bits per heavy atom. The van der Waals surface area contributed by atoms with Crippen LogP contribution in [0, 0.1) is 11.8 Å². The molecule has 2 saturated heterocycles. The molecule has 36 heavy (non-hydrogen) atoms. The second-order valence-electron chi connectivity index (χ2n) is 8.78. The van der Waals surface area contributed by atoms with Gasteiger partial charge in [0.15, 0.2) is 11.5 Å². The maximum absolute atomic E-state index is 13.8. The Balaban J connectivity index is 1.82. The SMILES string of the molecule is COc1cccc([C@@H]2N[C@@](CCSC)(C(=O)O)[C@@H]3C(=O)N(c4ccc(NC(C)=O)cc4)C(=O)[C@H]32)c1O. The number of fused-ring (bicyclic) bond motifs is 1. The molecule has 2 heterocycles. The number of benzene rings is 2. The molecule has 190 valence electrons. The molecule has 0 bridgehead atoms. The van der Waals surface area contributed by atoms with Crippen molar-refractivity contribution in [3.05, 3.63) is 48.0 Å². The Morgan fingerprint density at radius 2 is 1.86 bits per heavy atom. The first-order valence-electron chi connectivity index (χ1n) is 11.3. The van der Waals surface area contributed by atoms with Gasteiger partial charge in [0.05, 0.1) is 24.6 Å². The number of phenols is 1. The van der Waals surface area contributed by atoms with Gasteiger partial charge in [0.1, 0.15) is 5.54 Å². The van der Waals surface area contributed by atoms with E-state index in [9.17, 15) is 29.4 Å². The van der Waals surface area contributed by atoms with E-state index in [-0.39, 0.29) is 35.1 Å². The first-order chi connectivity index (χ1) is 17.2. The summed E-state index contributed by atoms with van der Waals surface area (Å²) in [6.45, 7) is 1.36. The summed E-state index contributed by atoms with van der Waals surface area (Å²) in [5, 5.41) is 26.9. The number of para-hydroxylation sites is 1. The van der Waals surface area contributed by atoms with Crippen molar-refractivity contribution in [1.82, 2.24) is 5.32 Å². The number of carboxylic acids is 1. The minimum atomic E-state index is -1.72. The van der Waals surface area contributed by atoms with Crippen LogP contribution in [0.2, 0.25) is 0 Å². The third-order valence-electron chi connectivity index (χ3n) is 6.77. The summed E-state index contributed by atoms with van der Waals surface area (Å²) < 4.78 is 5.21. The average Bonchev–Trinajstić information content (AvgIpc) is 3.32. The zero-order valence-electron chi connectivity index (χ0n) is 20.0. The number of carbonyl (C=O) groups is 4. The number of nitrogens with zero attached hydrogens (tertiary/aromatic N) is 1. The molecule has 2 aromatic carbocycles. The maximum Gasteiger partial charge on any atom is 0.324 e. The second kappa shape index (κ2) is 9.82. The minimum Gasteiger partial charge on any atom is -0.504 e. The number of phenolic OH excluding ortho intramolecular Hbond substituents is 1. The molecule has 4 rings (SSSR count). The molecule has 10 nitrogen and oxygen atoms in total. The summed E-state index contributed by atoms with van der Waals surface area (Å²) in [7, 11) is 1.39. The van der Waals surface area contributed by atoms with Crippen molar-refractivity contribution in [3.8, 4) is 11.5 Å². The Labute approximate surface area is 212 Å². The molecule has 4 N–H and O–H groups in total. The lowest BCUT2D eigenvalue weighted by molar-refractivity contribution is -0.148. The Hall–Kier alpha value is -3.57.